The molecule has 2 saturated heterocycles. The van der Waals surface area contributed by atoms with E-state index in [4.69, 9.17) is 14.2 Å². The zero-order valence-electron chi connectivity index (χ0n) is 17.7. The Hall–Kier alpha value is -2.63. The van der Waals surface area contributed by atoms with Crippen LogP contribution in [0.5, 0.6) is 11.5 Å². The van der Waals surface area contributed by atoms with Gasteiger partial charge in [-0.1, -0.05) is 0 Å². The average molecular weight is 450 g/mol. The van der Waals surface area contributed by atoms with Gasteiger partial charge in [0.15, 0.2) is 11.6 Å². The SMILES string of the molecule is COc1ccc(S(=O)(=O)N2CCN(c3ccc(N4CCOCC4)nn3)CC2)c(OC)c1. The van der Waals surface area contributed by atoms with Crippen LogP contribution in [0.4, 0.5) is 11.6 Å². The summed E-state index contributed by atoms with van der Waals surface area (Å²) in [5.41, 5.74) is 0. The first-order valence-corrected chi connectivity index (χ1v) is 11.6. The van der Waals surface area contributed by atoms with E-state index >= 15 is 0 Å². The molecule has 1 aromatic carbocycles. The lowest BCUT2D eigenvalue weighted by Gasteiger charge is -2.35. The van der Waals surface area contributed by atoms with Crippen LogP contribution in [-0.4, -0.2) is 89.6 Å². The van der Waals surface area contributed by atoms with Crippen molar-refractivity contribution in [2.75, 3.05) is 76.5 Å². The van der Waals surface area contributed by atoms with Crippen LogP contribution in [0.25, 0.3) is 0 Å². The molecule has 0 spiro atoms. The van der Waals surface area contributed by atoms with Crippen molar-refractivity contribution in [1.82, 2.24) is 14.5 Å². The Kier molecular flexibility index (Phi) is 6.44. The standard InChI is InChI=1S/C20H27N5O5S/c1-28-16-3-4-18(17(15-16)29-2)31(26,27)25-9-7-23(8-10-25)19-5-6-20(22-21-19)24-11-13-30-14-12-24/h3-6,15H,7-14H2,1-2H3. The molecule has 0 aliphatic carbocycles. The number of piperazine rings is 1. The molecule has 10 nitrogen and oxygen atoms in total. The fourth-order valence-corrected chi connectivity index (χ4v) is 5.29. The second-order valence-corrected chi connectivity index (χ2v) is 9.16. The van der Waals surface area contributed by atoms with Crippen LogP contribution in [0.1, 0.15) is 0 Å². The molecular formula is C20H27N5O5S. The largest absolute Gasteiger partial charge is 0.497 e. The quantitative estimate of drug-likeness (QED) is 0.635. The lowest BCUT2D eigenvalue weighted by molar-refractivity contribution is 0.122. The first kappa shape index (κ1) is 21.6. The van der Waals surface area contributed by atoms with Crippen LogP contribution < -0.4 is 19.3 Å². The van der Waals surface area contributed by atoms with E-state index in [9.17, 15) is 8.42 Å². The lowest BCUT2D eigenvalue weighted by Crippen LogP contribution is -2.49. The molecule has 11 heteroatoms. The van der Waals surface area contributed by atoms with E-state index in [1.807, 2.05) is 17.0 Å². The molecule has 3 heterocycles. The second kappa shape index (κ2) is 9.25. The highest BCUT2D eigenvalue weighted by atomic mass is 32.2. The third-order valence-corrected chi connectivity index (χ3v) is 7.46. The van der Waals surface area contributed by atoms with Gasteiger partial charge in [0.1, 0.15) is 16.4 Å². The van der Waals surface area contributed by atoms with Gasteiger partial charge < -0.3 is 24.0 Å². The van der Waals surface area contributed by atoms with Crippen molar-refractivity contribution in [1.29, 1.82) is 0 Å². The zero-order valence-corrected chi connectivity index (χ0v) is 18.5. The summed E-state index contributed by atoms with van der Waals surface area (Å²) >= 11 is 0. The Labute approximate surface area is 182 Å². The number of methoxy groups -OCH3 is 2. The molecule has 168 valence electrons. The predicted molar refractivity (Wildman–Crippen MR) is 116 cm³/mol. The molecule has 0 radical (unpaired) electrons. The van der Waals surface area contributed by atoms with Crippen molar-refractivity contribution < 1.29 is 22.6 Å². The molecule has 31 heavy (non-hydrogen) atoms. The van der Waals surface area contributed by atoms with Gasteiger partial charge in [-0.25, -0.2) is 8.42 Å². The Morgan fingerprint density at radius 3 is 2.00 bits per heavy atom. The monoisotopic (exact) mass is 449 g/mol. The van der Waals surface area contributed by atoms with Crippen molar-refractivity contribution in [3.63, 3.8) is 0 Å². The first-order valence-electron chi connectivity index (χ1n) is 10.2. The molecule has 2 fully saturated rings. The zero-order chi connectivity index (χ0) is 21.8. The molecule has 0 saturated carbocycles. The third-order valence-electron chi connectivity index (χ3n) is 5.52. The van der Waals surface area contributed by atoms with Gasteiger partial charge in [0.25, 0.3) is 0 Å². The van der Waals surface area contributed by atoms with Crippen LogP contribution in [-0.2, 0) is 14.8 Å². The van der Waals surface area contributed by atoms with Crippen molar-refractivity contribution in [2.24, 2.45) is 0 Å². The average Bonchev–Trinajstić information content (AvgIpc) is 2.84. The van der Waals surface area contributed by atoms with Gasteiger partial charge in [-0.3, -0.25) is 0 Å². The molecule has 0 N–H and O–H groups in total. The number of morpholine rings is 1. The number of rotatable bonds is 6. The predicted octanol–water partition coefficient (Wildman–Crippen LogP) is 0.841. The topological polar surface area (TPSA) is 97.3 Å². The maximum Gasteiger partial charge on any atom is 0.246 e. The van der Waals surface area contributed by atoms with Gasteiger partial charge in [0, 0.05) is 45.3 Å². The van der Waals surface area contributed by atoms with Crippen molar-refractivity contribution in [3.8, 4) is 11.5 Å². The van der Waals surface area contributed by atoms with Crippen molar-refractivity contribution in [3.05, 3.63) is 30.3 Å². The fourth-order valence-electron chi connectivity index (χ4n) is 3.73. The normalized spacial score (nSPS) is 18.1. The number of ether oxygens (including phenoxy) is 3. The molecule has 0 amide bonds. The molecular weight excluding hydrogens is 422 g/mol. The van der Waals surface area contributed by atoms with Crippen LogP contribution in [0.15, 0.2) is 35.2 Å². The van der Waals surface area contributed by atoms with Gasteiger partial charge in [0.2, 0.25) is 10.0 Å². The highest BCUT2D eigenvalue weighted by molar-refractivity contribution is 7.89. The van der Waals surface area contributed by atoms with Gasteiger partial charge in [-0.2, -0.15) is 4.31 Å². The van der Waals surface area contributed by atoms with Crippen LogP contribution in [0.2, 0.25) is 0 Å². The van der Waals surface area contributed by atoms with Crippen LogP contribution in [0.3, 0.4) is 0 Å². The maximum absolute atomic E-state index is 13.2. The van der Waals surface area contributed by atoms with E-state index < -0.39 is 10.0 Å². The number of benzene rings is 1. The van der Waals surface area contributed by atoms with Crippen LogP contribution in [0, 0.1) is 0 Å². The number of hydrogen-bond donors (Lipinski definition) is 0. The van der Waals surface area contributed by atoms with Gasteiger partial charge in [0.05, 0.1) is 27.4 Å². The van der Waals surface area contributed by atoms with Gasteiger partial charge in [-0.05, 0) is 24.3 Å². The molecule has 0 atom stereocenters. The van der Waals surface area contributed by atoms with E-state index in [0.717, 1.165) is 24.7 Å². The summed E-state index contributed by atoms with van der Waals surface area (Å²) in [6.45, 7) is 4.76. The maximum atomic E-state index is 13.2. The van der Waals surface area contributed by atoms with Crippen molar-refractivity contribution in [2.45, 2.75) is 4.90 Å². The number of nitrogens with zero attached hydrogens (tertiary/aromatic N) is 5. The number of hydrogen-bond acceptors (Lipinski definition) is 9. The van der Waals surface area contributed by atoms with Gasteiger partial charge in [-0.15, -0.1) is 10.2 Å². The highest BCUT2D eigenvalue weighted by Crippen LogP contribution is 2.31. The summed E-state index contributed by atoms with van der Waals surface area (Å²) in [6.07, 6.45) is 0. The molecule has 2 aliphatic rings. The van der Waals surface area contributed by atoms with Crippen molar-refractivity contribution >= 4 is 21.7 Å². The smallest absolute Gasteiger partial charge is 0.246 e. The Morgan fingerprint density at radius 2 is 1.45 bits per heavy atom. The summed E-state index contributed by atoms with van der Waals surface area (Å²) in [5, 5.41) is 8.71. The Balaban J connectivity index is 1.42. The number of anilines is 2. The number of aromatic nitrogens is 2. The third kappa shape index (κ3) is 4.53. The Bertz CT molecular complexity index is 988. The molecule has 4 rings (SSSR count). The number of sulfonamides is 1. The summed E-state index contributed by atoms with van der Waals surface area (Å²) < 4.78 is 43.6. The lowest BCUT2D eigenvalue weighted by atomic mass is 10.3. The summed E-state index contributed by atoms with van der Waals surface area (Å²) in [6, 6.07) is 8.62. The van der Waals surface area contributed by atoms with E-state index in [-0.39, 0.29) is 10.6 Å². The first-order chi connectivity index (χ1) is 15.0. The highest BCUT2D eigenvalue weighted by Gasteiger charge is 2.31. The summed E-state index contributed by atoms with van der Waals surface area (Å²) in [4.78, 5) is 4.33. The molecule has 2 aromatic rings. The van der Waals surface area contributed by atoms with E-state index in [0.29, 0.717) is 45.1 Å². The summed E-state index contributed by atoms with van der Waals surface area (Å²) in [5.74, 6) is 2.39. The molecule has 1 aromatic heterocycles. The fraction of sp³-hybridized carbons (Fsp3) is 0.500. The Morgan fingerprint density at radius 1 is 0.839 bits per heavy atom. The van der Waals surface area contributed by atoms with Crippen LogP contribution >= 0.6 is 0 Å². The van der Waals surface area contributed by atoms with E-state index in [1.54, 1.807) is 12.1 Å². The molecule has 0 unspecified atom stereocenters. The minimum Gasteiger partial charge on any atom is -0.497 e. The minimum atomic E-state index is -3.69. The minimum absolute atomic E-state index is 0.138. The van der Waals surface area contributed by atoms with Gasteiger partial charge >= 0.3 is 0 Å². The summed E-state index contributed by atoms with van der Waals surface area (Å²) in [7, 11) is -0.709. The second-order valence-electron chi connectivity index (χ2n) is 7.26. The molecule has 0 bridgehead atoms. The van der Waals surface area contributed by atoms with E-state index in [2.05, 4.69) is 15.1 Å². The van der Waals surface area contributed by atoms with E-state index in [1.165, 1.54) is 24.6 Å². The molecule has 2 aliphatic heterocycles.